The fraction of sp³-hybridized carbons (Fsp3) is 0.304. The largest absolute Gasteiger partial charge is 0.497 e. The number of amides is 1. The first-order chi connectivity index (χ1) is 14.8. The highest BCUT2D eigenvalue weighted by molar-refractivity contribution is 7.21. The number of carbonyl (C=O) groups is 2. The van der Waals surface area contributed by atoms with Gasteiger partial charge < -0.3 is 19.7 Å². The molecule has 6 nitrogen and oxygen atoms in total. The summed E-state index contributed by atoms with van der Waals surface area (Å²) in [5, 5.41) is 3.79. The van der Waals surface area contributed by atoms with Gasteiger partial charge in [-0.05, 0) is 63.2 Å². The van der Waals surface area contributed by atoms with Crippen LogP contribution in [0.1, 0.15) is 30.4 Å². The first-order valence-electron chi connectivity index (χ1n) is 9.93. The van der Waals surface area contributed by atoms with Crippen LogP contribution in [0.15, 0.2) is 42.5 Å². The molecule has 0 aliphatic rings. The number of carbonyl (C=O) groups excluding carboxylic acids is 2. The Balaban J connectivity index is 1.60. The molecule has 1 heterocycles. The SMILES string of the molecule is CCN(c1ccc(NC(=O)COC(=O)c2sc3cc(OC)ccc3c2Cl)cc1)C(C)C. The molecule has 3 rings (SSSR count). The highest BCUT2D eigenvalue weighted by atomic mass is 35.5. The number of ether oxygens (including phenoxy) is 2. The van der Waals surface area contributed by atoms with E-state index < -0.39 is 18.5 Å². The van der Waals surface area contributed by atoms with Crippen LogP contribution in [0.25, 0.3) is 10.1 Å². The second-order valence-corrected chi connectivity index (χ2v) is 8.59. The van der Waals surface area contributed by atoms with Crippen molar-refractivity contribution in [2.45, 2.75) is 26.8 Å². The summed E-state index contributed by atoms with van der Waals surface area (Å²) in [6.07, 6.45) is 0. The lowest BCUT2D eigenvalue weighted by molar-refractivity contribution is -0.119. The molecule has 1 N–H and O–H groups in total. The van der Waals surface area contributed by atoms with Crippen LogP contribution in [-0.4, -0.2) is 38.2 Å². The molecule has 3 aromatic rings. The number of rotatable bonds is 8. The van der Waals surface area contributed by atoms with Crippen molar-refractivity contribution in [2.75, 3.05) is 30.5 Å². The summed E-state index contributed by atoms with van der Waals surface area (Å²) in [6.45, 7) is 6.86. The van der Waals surface area contributed by atoms with Crippen LogP contribution in [0.4, 0.5) is 11.4 Å². The zero-order valence-corrected chi connectivity index (χ0v) is 19.5. The number of nitrogens with zero attached hydrogens (tertiary/aromatic N) is 1. The maximum absolute atomic E-state index is 12.4. The van der Waals surface area contributed by atoms with E-state index in [2.05, 4.69) is 31.0 Å². The first kappa shape index (κ1) is 22.9. The minimum absolute atomic E-state index is 0.260. The summed E-state index contributed by atoms with van der Waals surface area (Å²) in [6, 6.07) is 13.3. The third-order valence-electron chi connectivity index (χ3n) is 4.80. The highest BCUT2D eigenvalue weighted by Gasteiger charge is 2.20. The van der Waals surface area contributed by atoms with Gasteiger partial charge in [-0.1, -0.05) is 11.6 Å². The van der Waals surface area contributed by atoms with Crippen molar-refractivity contribution in [3.05, 3.63) is 52.4 Å². The van der Waals surface area contributed by atoms with E-state index >= 15 is 0 Å². The van der Waals surface area contributed by atoms with Gasteiger partial charge in [0.2, 0.25) is 0 Å². The third kappa shape index (κ3) is 5.29. The molecule has 0 unspecified atom stereocenters. The van der Waals surface area contributed by atoms with Crippen molar-refractivity contribution in [1.29, 1.82) is 0 Å². The lowest BCUT2D eigenvalue weighted by Gasteiger charge is -2.27. The summed E-state index contributed by atoms with van der Waals surface area (Å²) in [5.74, 6) is -0.381. The van der Waals surface area contributed by atoms with E-state index in [1.54, 1.807) is 25.3 Å². The van der Waals surface area contributed by atoms with Gasteiger partial charge in [-0.2, -0.15) is 0 Å². The summed E-state index contributed by atoms with van der Waals surface area (Å²) in [4.78, 5) is 27.2. The molecule has 1 amide bonds. The van der Waals surface area contributed by atoms with E-state index in [1.807, 2.05) is 24.3 Å². The Morgan fingerprint density at radius 1 is 1.16 bits per heavy atom. The average Bonchev–Trinajstić information content (AvgIpc) is 3.09. The Hall–Kier alpha value is -2.77. The molecule has 0 spiro atoms. The minimum Gasteiger partial charge on any atom is -0.497 e. The third-order valence-corrected chi connectivity index (χ3v) is 6.44. The smallest absolute Gasteiger partial charge is 0.350 e. The van der Waals surface area contributed by atoms with Crippen molar-refractivity contribution in [3.8, 4) is 5.75 Å². The molecule has 0 atom stereocenters. The van der Waals surface area contributed by atoms with Gasteiger partial charge in [-0.3, -0.25) is 4.79 Å². The van der Waals surface area contributed by atoms with Gasteiger partial charge in [0.05, 0.1) is 12.1 Å². The van der Waals surface area contributed by atoms with E-state index in [0.29, 0.717) is 22.5 Å². The maximum atomic E-state index is 12.4. The van der Waals surface area contributed by atoms with Crippen molar-refractivity contribution >= 4 is 56.3 Å². The topological polar surface area (TPSA) is 67.9 Å². The number of nitrogens with one attached hydrogen (secondary N) is 1. The van der Waals surface area contributed by atoms with Crippen LogP contribution in [-0.2, 0) is 9.53 Å². The molecule has 0 saturated carbocycles. The molecule has 0 fully saturated rings. The van der Waals surface area contributed by atoms with E-state index in [1.165, 1.54) is 11.3 Å². The quantitative estimate of drug-likeness (QED) is 0.443. The van der Waals surface area contributed by atoms with Crippen LogP contribution in [0.5, 0.6) is 5.75 Å². The number of hydrogen-bond acceptors (Lipinski definition) is 6. The Labute approximate surface area is 190 Å². The summed E-state index contributed by atoms with van der Waals surface area (Å²) >= 11 is 7.53. The normalized spacial score (nSPS) is 10.9. The van der Waals surface area contributed by atoms with Gasteiger partial charge in [0, 0.05) is 34.0 Å². The summed E-state index contributed by atoms with van der Waals surface area (Å²) in [5.41, 5.74) is 1.72. The number of esters is 1. The molecule has 0 radical (unpaired) electrons. The number of methoxy groups -OCH3 is 1. The summed E-state index contributed by atoms with van der Waals surface area (Å²) < 4.78 is 11.2. The molecule has 31 heavy (non-hydrogen) atoms. The standard InChI is InChI=1S/C23H25ClN2O4S/c1-5-26(14(2)3)16-8-6-15(7-9-16)25-20(27)13-30-23(28)22-21(24)18-11-10-17(29-4)12-19(18)31-22/h6-12,14H,5,13H2,1-4H3,(H,25,27). The highest BCUT2D eigenvalue weighted by Crippen LogP contribution is 2.37. The van der Waals surface area contributed by atoms with Gasteiger partial charge >= 0.3 is 5.97 Å². The molecular formula is C23H25ClN2O4S. The molecule has 2 aromatic carbocycles. The molecule has 8 heteroatoms. The van der Waals surface area contributed by atoms with Crippen LogP contribution in [0.3, 0.4) is 0 Å². The number of benzene rings is 2. The number of anilines is 2. The summed E-state index contributed by atoms with van der Waals surface area (Å²) in [7, 11) is 1.57. The van der Waals surface area contributed by atoms with Crippen molar-refractivity contribution in [2.24, 2.45) is 0 Å². The molecular weight excluding hydrogens is 436 g/mol. The Morgan fingerprint density at radius 2 is 1.87 bits per heavy atom. The van der Waals surface area contributed by atoms with Crippen LogP contribution >= 0.6 is 22.9 Å². The number of thiophene rings is 1. The molecule has 0 aliphatic heterocycles. The van der Waals surface area contributed by atoms with Crippen molar-refractivity contribution in [1.82, 2.24) is 0 Å². The van der Waals surface area contributed by atoms with E-state index in [0.717, 1.165) is 22.3 Å². The predicted octanol–water partition coefficient (Wildman–Crippen LogP) is 5.59. The zero-order valence-electron chi connectivity index (χ0n) is 17.9. The van der Waals surface area contributed by atoms with Gasteiger partial charge in [0.15, 0.2) is 6.61 Å². The number of fused-ring (bicyclic) bond motifs is 1. The lowest BCUT2D eigenvalue weighted by atomic mass is 10.2. The Bertz CT molecular complexity index is 1080. The van der Waals surface area contributed by atoms with Gasteiger partial charge in [-0.15, -0.1) is 11.3 Å². The maximum Gasteiger partial charge on any atom is 0.350 e. The lowest BCUT2D eigenvalue weighted by Crippen LogP contribution is -2.30. The zero-order chi connectivity index (χ0) is 22.5. The first-order valence-corrected chi connectivity index (χ1v) is 11.1. The van der Waals surface area contributed by atoms with E-state index in [-0.39, 0.29) is 4.88 Å². The molecule has 0 saturated heterocycles. The molecule has 0 bridgehead atoms. The Kier molecular flexibility index (Phi) is 7.41. The van der Waals surface area contributed by atoms with Gasteiger partial charge in [0.1, 0.15) is 10.6 Å². The van der Waals surface area contributed by atoms with E-state index in [4.69, 9.17) is 21.1 Å². The molecule has 1 aromatic heterocycles. The Morgan fingerprint density at radius 3 is 2.48 bits per heavy atom. The molecule has 0 aliphatic carbocycles. The van der Waals surface area contributed by atoms with Crippen molar-refractivity contribution in [3.63, 3.8) is 0 Å². The van der Waals surface area contributed by atoms with E-state index in [9.17, 15) is 9.59 Å². The fourth-order valence-corrected chi connectivity index (χ4v) is 4.71. The average molecular weight is 461 g/mol. The van der Waals surface area contributed by atoms with Crippen molar-refractivity contribution < 1.29 is 19.1 Å². The van der Waals surface area contributed by atoms with Crippen LogP contribution in [0, 0.1) is 0 Å². The number of hydrogen-bond donors (Lipinski definition) is 1. The number of halogens is 1. The monoisotopic (exact) mass is 460 g/mol. The fourth-order valence-electron chi connectivity index (χ4n) is 3.28. The van der Waals surface area contributed by atoms with Gasteiger partial charge in [0.25, 0.3) is 5.91 Å². The van der Waals surface area contributed by atoms with Gasteiger partial charge in [-0.25, -0.2) is 4.79 Å². The second kappa shape index (κ2) is 10.0. The second-order valence-electron chi connectivity index (χ2n) is 7.16. The predicted molar refractivity (Wildman–Crippen MR) is 127 cm³/mol. The minimum atomic E-state index is -0.633. The van der Waals surface area contributed by atoms with Crippen LogP contribution in [0.2, 0.25) is 5.02 Å². The molecule has 164 valence electrons. The van der Waals surface area contributed by atoms with Crippen LogP contribution < -0.4 is 15.0 Å².